The van der Waals surface area contributed by atoms with Crippen molar-refractivity contribution in [3.05, 3.63) is 125 Å². The third-order valence-corrected chi connectivity index (χ3v) is 6.73. The molecule has 0 bridgehead atoms. The molecular weight excluding hydrogens is 442 g/mol. The summed E-state index contributed by atoms with van der Waals surface area (Å²) in [5.74, 6) is 2.22. The van der Waals surface area contributed by atoms with E-state index in [4.69, 9.17) is 9.47 Å². The van der Waals surface area contributed by atoms with E-state index in [9.17, 15) is 4.79 Å². The summed E-state index contributed by atoms with van der Waals surface area (Å²) < 4.78 is 11.3. The molecule has 0 radical (unpaired) electrons. The molecule has 1 unspecified atom stereocenters. The Labute approximate surface area is 203 Å². The van der Waals surface area contributed by atoms with Crippen LogP contribution in [0.2, 0.25) is 0 Å². The van der Waals surface area contributed by atoms with E-state index in [1.165, 1.54) is 0 Å². The zero-order valence-corrected chi connectivity index (χ0v) is 19.4. The number of amides is 1. The van der Waals surface area contributed by atoms with Gasteiger partial charge in [-0.05, 0) is 65.7 Å². The number of nitrogens with zero attached hydrogens (tertiary/aromatic N) is 1. The second-order valence-electron chi connectivity index (χ2n) is 7.75. The number of methoxy groups -OCH3 is 1. The number of ether oxygens (including phenoxy) is 2. The van der Waals surface area contributed by atoms with Gasteiger partial charge in [0.05, 0.1) is 12.0 Å². The van der Waals surface area contributed by atoms with Gasteiger partial charge < -0.3 is 9.47 Å². The van der Waals surface area contributed by atoms with Gasteiger partial charge in [0.25, 0.3) is 5.91 Å². The summed E-state index contributed by atoms with van der Waals surface area (Å²) in [6.45, 7) is 0. The molecular formula is C29H23NO3S. The molecule has 1 fully saturated rings. The second-order valence-corrected chi connectivity index (χ2v) is 8.87. The molecule has 0 N–H and O–H groups in total. The van der Waals surface area contributed by atoms with Gasteiger partial charge in [-0.15, -0.1) is 0 Å². The predicted octanol–water partition coefficient (Wildman–Crippen LogP) is 7.31. The van der Waals surface area contributed by atoms with Crippen LogP contribution in [-0.2, 0) is 4.79 Å². The van der Waals surface area contributed by atoms with E-state index in [0.29, 0.717) is 4.91 Å². The summed E-state index contributed by atoms with van der Waals surface area (Å²) >= 11 is 1.55. The van der Waals surface area contributed by atoms with Gasteiger partial charge in [-0.3, -0.25) is 9.69 Å². The van der Waals surface area contributed by atoms with Crippen LogP contribution in [-0.4, -0.2) is 13.0 Å². The maximum atomic E-state index is 13.6. The SMILES string of the molecule is COc1ccc(N2C(=O)/C(=C\c3cccc(Oc4ccccc4)c3)SC2c2ccccc2)cc1. The van der Waals surface area contributed by atoms with Crippen molar-refractivity contribution in [2.24, 2.45) is 0 Å². The van der Waals surface area contributed by atoms with Gasteiger partial charge in [-0.2, -0.15) is 0 Å². The summed E-state index contributed by atoms with van der Waals surface area (Å²) in [7, 11) is 1.63. The lowest BCUT2D eigenvalue weighted by Gasteiger charge is -2.24. The van der Waals surface area contributed by atoms with Gasteiger partial charge in [0.2, 0.25) is 0 Å². The number of anilines is 1. The minimum atomic E-state index is -0.155. The van der Waals surface area contributed by atoms with Gasteiger partial charge in [-0.25, -0.2) is 0 Å². The molecule has 1 aliphatic heterocycles. The summed E-state index contributed by atoms with van der Waals surface area (Å²) in [4.78, 5) is 16.1. The Balaban J connectivity index is 1.47. The van der Waals surface area contributed by atoms with Crippen LogP contribution in [0.15, 0.2) is 114 Å². The number of carbonyl (C=O) groups is 1. The number of thioether (sulfide) groups is 1. The van der Waals surface area contributed by atoms with Crippen LogP contribution in [0.25, 0.3) is 6.08 Å². The average Bonchev–Trinajstić information content (AvgIpc) is 3.21. The lowest BCUT2D eigenvalue weighted by Crippen LogP contribution is -2.27. The highest BCUT2D eigenvalue weighted by atomic mass is 32.2. The first-order chi connectivity index (χ1) is 16.7. The Morgan fingerprint density at radius 3 is 2.15 bits per heavy atom. The summed E-state index contributed by atoms with van der Waals surface area (Å²) in [5, 5.41) is -0.155. The average molecular weight is 466 g/mol. The van der Waals surface area contributed by atoms with E-state index in [1.807, 2.05) is 108 Å². The van der Waals surface area contributed by atoms with Crippen molar-refractivity contribution in [3.8, 4) is 17.2 Å². The van der Waals surface area contributed by atoms with Crippen LogP contribution in [0.3, 0.4) is 0 Å². The van der Waals surface area contributed by atoms with Gasteiger partial charge in [0, 0.05) is 5.69 Å². The molecule has 0 aromatic heterocycles. The number of hydrogen-bond acceptors (Lipinski definition) is 4. The van der Waals surface area contributed by atoms with Gasteiger partial charge in [0.1, 0.15) is 22.6 Å². The molecule has 4 nitrogen and oxygen atoms in total. The lowest BCUT2D eigenvalue weighted by atomic mass is 10.1. The highest BCUT2D eigenvalue weighted by Crippen LogP contribution is 2.48. The molecule has 5 rings (SSSR count). The smallest absolute Gasteiger partial charge is 0.266 e. The molecule has 1 saturated heterocycles. The summed E-state index contributed by atoms with van der Waals surface area (Å²) in [6.07, 6.45) is 1.93. The Bertz CT molecular complexity index is 1300. The molecule has 168 valence electrons. The van der Waals surface area contributed by atoms with Crippen LogP contribution >= 0.6 is 11.8 Å². The van der Waals surface area contributed by atoms with Crippen molar-refractivity contribution >= 4 is 29.4 Å². The van der Waals surface area contributed by atoms with Gasteiger partial charge in [-0.1, -0.05) is 72.4 Å². The zero-order chi connectivity index (χ0) is 23.3. The molecule has 0 saturated carbocycles. The molecule has 4 aromatic carbocycles. The minimum absolute atomic E-state index is 0.0293. The van der Waals surface area contributed by atoms with E-state index in [0.717, 1.165) is 34.1 Å². The molecule has 1 heterocycles. The first-order valence-electron chi connectivity index (χ1n) is 11.0. The Hall–Kier alpha value is -3.96. The zero-order valence-electron chi connectivity index (χ0n) is 18.6. The van der Waals surface area contributed by atoms with Crippen molar-refractivity contribution in [1.82, 2.24) is 0 Å². The molecule has 0 aliphatic carbocycles. The van der Waals surface area contributed by atoms with Crippen LogP contribution in [0.4, 0.5) is 5.69 Å². The Morgan fingerprint density at radius 2 is 1.44 bits per heavy atom. The van der Waals surface area contributed by atoms with E-state index in [1.54, 1.807) is 18.9 Å². The summed E-state index contributed by atoms with van der Waals surface area (Å²) in [5.41, 5.74) is 2.81. The van der Waals surface area contributed by atoms with E-state index in [2.05, 4.69) is 12.1 Å². The Morgan fingerprint density at radius 1 is 0.765 bits per heavy atom. The normalized spacial score (nSPS) is 16.6. The van der Waals surface area contributed by atoms with Gasteiger partial charge in [0.15, 0.2) is 0 Å². The van der Waals surface area contributed by atoms with Gasteiger partial charge >= 0.3 is 0 Å². The number of carbonyl (C=O) groups excluding carboxylic acids is 1. The first-order valence-corrected chi connectivity index (χ1v) is 11.8. The molecule has 4 aromatic rings. The molecule has 1 aliphatic rings. The maximum absolute atomic E-state index is 13.6. The molecule has 5 heteroatoms. The fourth-order valence-corrected chi connectivity index (χ4v) is 5.08. The van der Waals surface area contributed by atoms with E-state index in [-0.39, 0.29) is 11.3 Å². The highest BCUT2D eigenvalue weighted by molar-refractivity contribution is 8.05. The van der Waals surface area contributed by atoms with Crippen molar-refractivity contribution in [3.63, 3.8) is 0 Å². The van der Waals surface area contributed by atoms with Crippen LogP contribution in [0.5, 0.6) is 17.2 Å². The lowest BCUT2D eigenvalue weighted by molar-refractivity contribution is -0.114. The number of rotatable bonds is 6. The monoisotopic (exact) mass is 465 g/mol. The fourth-order valence-electron chi connectivity index (χ4n) is 3.82. The minimum Gasteiger partial charge on any atom is -0.497 e. The van der Waals surface area contributed by atoms with Crippen molar-refractivity contribution in [1.29, 1.82) is 0 Å². The number of benzene rings is 4. The van der Waals surface area contributed by atoms with Crippen molar-refractivity contribution < 1.29 is 14.3 Å². The van der Waals surface area contributed by atoms with Crippen molar-refractivity contribution in [2.75, 3.05) is 12.0 Å². The highest BCUT2D eigenvalue weighted by Gasteiger charge is 2.38. The van der Waals surface area contributed by atoms with Crippen LogP contribution in [0.1, 0.15) is 16.5 Å². The summed E-state index contributed by atoms with van der Waals surface area (Å²) in [6, 6.07) is 35.1. The predicted molar refractivity (Wildman–Crippen MR) is 138 cm³/mol. The standard InChI is InChI=1S/C29H23NO3S/c1-32-24-17-15-23(16-18-24)30-28(31)27(34-29(30)22-10-4-2-5-11-22)20-21-9-8-14-26(19-21)33-25-12-6-3-7-13-25/h2-20,29H,1H3/b27-20+. The largest absolute Gasteiger partial charge is 0.497 e. The molecule has 0 spiro atoms. The molecule has 1 atom stereocenters. The third kappa shape index (κ3) is 4.70. The van der Waals surface area contributed by atoms with Crippen molar-refractivity contribution in [2.45, 2.75) is 5.37 Å². The van der Waals surface area contributed by atoms with E-state index >= 15 is 0 Å². The Kier molecular flexibility index (Phi) is 6.36. The maximum Gasteiger partial charge on any atom is 0.266 e. The molecule has 34 heavy (non-hydrogen) atoms. The topological polar surface area (TPSA) is 38.8 Å². The van der Waals surface area contributed by atoms with Crippen LogP contribution in [0, 0.1) is 0 Å². The number of hydrogen-bond donors (Lipinski definition) is 0. The van der Waals surface area contributed by atoms with Crippen LogP contribution < -0.4 is 14.4 Å². The second kappa shape index (κ2) is 9.89. The van der Waals surface area contributed by atoms with E-state index < -0.39 is 0 Å². The number of para-hydroxylation sites is 1. The molecule has 1 amide bonds. The quantitative estimate of drug-likeness (QED) is 0.280. The first kappa shape index (κ1) is 21.9. The fraction of sp³-hybridized carbons (Fsp3) is 0.0690. The third-order valence-electron chi connectivity index (χ3n) is 5.47.